The molecule has 340 valence electrons. The summed E-state index contributed by atoms with van der Waals surface area (Å²) in [4.78, 5) is 41.1. The number of ether oxygens (including phenoxy) is 1. The summed E-state index contributed by atoms with van der Waals surface area (Å²) in [6.45, 7) is 16.5. The molecule has 4 atom stereocenters. The van der Waals surface area contributed by atoms with Crippen LogP contribution in [0.1, 0.15) is 104 Å². The zero-order valence-electron chi connectivity index (χ0n) is 36.8. The molecule has 0 aromatic heterocycles. The Morgan fingerprint density at radius 1 is 0.770 bits per heavy atom. The Morgan fingerprint density at radius 3 is 1.62 bits per heavy atom. The number of carbonyl (C=O) groups is 3. The molecule has 1 amide bonds. The molecule has 2 aromatic carbocycles. The van der Waals surface area contributed by atoms with Gasteiger partial charge in [-0.05, 0) is 103 Å². The monoisotopic (exact) mass is 905 g/mol. The molecule has 0 spiro atoms. The number of likely N-dealkylation sites (tertiary alicyclic amines) is 2. The van der Waals surface area contributed by atoms with Gasteiger partial charge in [0.05, 0.1) is 18.9 Å². The van der Waals surface area contributed by atoms with E-state index < -0.39 is 17.5 Å². The summed E-state index contributed by atoms with van der Waals surface area (Å²) in [5.74, 6) is -0.427. The fourth-order valence-corrected chi connectivity index (χ4v) is 8.12. The molecule has 4 fully saturated rings. The molecule has 2 saturated heterocycles. The Kier molecular flexibility index (Phi) is 24.9. The lowest BCUT2D eigenvalue weighted by molar-refractivity contribution is -0.138. The first-order chi connectivity index (χ1) is 27.7. The van der Waals surface area contributed by atoms with Gasteiger partial charge in [0.25, 0.3) is 0 Å². The smallest absolute Gasteiger partial charge is 0.410 e. The van der Waals surface area contributed by atoms with Gasteiger partial charge >= 0.3 is 18.0 Å². The van der Waals surface area contributed by atoms with E-state index in [1.807, 2.05) is 43.9 Å². The minimum Gasteiger partial charge on any atom is -0.481 e. The highest BCUT2D eigenvalue weighted by molar-refractivity contribution is 5.86. The van der Waals surface area contributed by atoms with Gasteiger partial charge in [-0.25, -0.2) is 4.79 Å². The van der Waals surface area contributed by atoms with Crippen LogP contribution in [0.25, 0.3) is 12.2 Å². The number of carboxylic acids is 2. The Labute approximate surface area is 383 Å². The van der Waals surface area contributed by atoms with Crippen LogP contribution < -0.4 is 5.32 Å². The fraction of sp³-hybridized carbons (Fsp3) is 0.574. The first-order valence-corrected chi connectivity index (χ1v) is 21.1. The second-order valence-corrected chi connectivity index (χ2v) is 17.2. The van der Waals surface area contributed by atoms with Gasteiger partial charge in [0, 0.05) is 63.2 Å². The van der Waals surface area contributed by atoms with E-state index in [2.05, 4.69) is 83.6 Å². The lowest BCUT2D eigenvalue weighted by Crippen LogP contribution is -2.50. The van der Waals surface area contributed by atoms with E-state index in [0.717, 1.165) is 58.3 Å². The Bertz CT molecular complexity index is 1720. The highest BCUT2D eigenvalue weighted by atomic mass is 35.5. The van der Waals surface area contributed by atoms with Crippen LogP contribution in [0.5, 0.6) is 0 Å². The van der Waals surface area contributed by atoms with Crippen molar-refractivity contribution in [1.82, 2.24) is 20.0 Å². The van der Waals surface area contributed by atoms with Crippen molar-refractivity contribution in [3.8, 4) is 6.07 Å². The number of carbonyl (C=O) groups excluding carboxylic acids is 1. The lowest BCUT2D eigenvalue weighted by atomic mass is 10.0. The van der Waals surface area contributed by atoms with Crippen molar-refractivity contribution in [2.45, 2.75) is 123 Å². The van der Waals surface area contributed by atoms with Crippen molar-refractivity contribution in [3.63, 3.8) is 0 Å². The molecular formula is C47H70Cl3N5O6. The van der Waals surface area contributed by atoms with Crippen LogP contribution in [0.4, 0.5) is 4.79 Å². The highest BCUT2D eigenvalue weighted by Gasteiger charge is 2.49. The minimum absolute atomic E-state index is 0. The number of hydrogen-bond donors (Lipinski definition) is 3. The predicted octanol–water partition coefficient (Wildman–Crippen LogP) is 9.46. The van der Waals surface area contributed by atoms with Crippen LogP contribution >= 0.6 is 37.2 Å². The first kappa shape index (κ1) is 55.4. The second kappa shape index (κ2) is 27.4. The highest BCUT2D eigenvalue weighted by Crippen LogP contribution is 2.44. The van der Waals surface area contributed by atoms with Gasteiger partial charge in [0.15, 0.2) is 0 Å². The topological polar surface area (TPSA) is 146 Å². The van der Waals surface area contributed by atoms with E-state index in [4.69, 9.17) is 20.2 Å². The number of hydrogen-bond acceptors (Lipinski definition) is 8. The van der Waals surface area contributed by atoms with Crippen molar-refractivity contribution in [2.75, 3.05) is 39.3 Å². The van der Waals surface area contributed by atoms with E-state index in [1.165, 1.54) is 35.6 Å². The summed E-state index contributed by atoms with van der Waals surface area (Å²) in [7, 11) is 0. The number of nitrogens with zero attached hydrogens (tertiary/aromatic N) is 4. The van der Waals surface area contributed by atoms with Crippen molar-refractivity contribution < 1.29 is 29.3 Å². The third-order valence-corrected chi connectivity index (χ3v) is 11.3. The second-order valence-electron chi connectivity index (χ2n) is 17.2. The number of halogens is 3. The molecule has 2 aliphatic carbocycles. The van der Waals surface area contributed by atoms with Gasteiger partial charge in [-0.2, -0.15) is 5.26 Å². The van der Waals surface area contributed by atoms with E-state index >= 15 is 0 Å². The molecule has 11 nitrogen and oxygen atoms in total. The molecule has 6 rings (SSSR count). The average Bonchev–Trinajstić information content (AvgIpc) is 4.12. The van der Waals surface area contributed by atoms with Gasteiger partial charge in [0.1, 0.15) is 5.60 Å². The summed E-state index contributed by atoms with van der Waals surface area (Å²) in [5.41, 5.74) is 4.70. The van der Waals surface area contributed by atoms with Crippen molar-refractivity contribution in [3.05, 3.63) is 82.9 Å². The number of benzene rings is 2. The average molecular weight is 907 g/mol. The SMILES string of the molecule is C/C(=C\c1ccccc1)[C@@H]1C[C@H]1N(C(=O)OC(C)(C)C)C1CCN(CCC(=O)O)CC1.C/C(=C\c1ccccc1)[C@@H]1C[C@H]1NC1CCN(CCC(=O)O)CC1.CC#N.Cl.Cl.Cl. The maximum absolute atomic E-state index is 13.2. The normalized spacial score (nSPS) is 21.8. The van der Waals surface area contributed by atoms with E-state index in [9.17, 15) is 14.4 Å². The number of rotatable bonds is 14. The van der Waals surface area contributed by atoms with Gasteiger partial charge in [-0.1, -0.05) is 84.0 Å². The lowest BCUT2D eigenvalue weighted by Gasteiger charge is -2.39. The molecule has 61 heavy (non-hydrogen) atoms. The summed E-state index contributed by atoms with van der Waals surface area (Å²) >= 11 is 0. The third kappa shape index (κ3) is 20.0. The molecule has 2 saturated carbocycles. The molecule has 0 bridgehead atoms. The van der Waals surface area contributed by atoms with E-state index in [-0.39, 0.29) is 68.2 Å². The molecule has 2 aromatic rings. The van der Waals surface area contributed by atoms with E-state index in [0.29, 0.717) is 37.0 Å². The first-order valence-electron chi connectivity index (χ1n) is 21.1. The number of aliphatic carboxylic acids is 2. The van der Waals surface area contributed by atoms with Crippen LogP contribution in [-0.2, 0) is 14.3 Å². The Morgan fingerprint density at radius 2 is 1.20 bits per heavy atom. The van der Waals surface area contributed by atoms with Crippen LogP contribution in [0.15, 0.2) is 71.8 Å². The van der Waals surface area contributed by atoms with Gasteiger partial charge in [0.2, 0.25) is 0 Å². The molecule has 0 unspecified atom stereocenters. The summed E-state index contributed by atoms with van der Waals surface area (Å²) in [6, 6.07) is 24.1. The maximum Gasteiger partial charge on any atom is 0.410 e. The molecule has 3 N–H and O–H groups in total. The molecule has 2 aliphatic heterocycles. The summed E-state index contributed by atoms with van der Waals surface area (Å²) in [6.07, 6.45) is 10.9. The zero-order valence-corrected chi connectivity index (χ0v) is 39.3. The molecule has 14 heteroatoms. The minimum atomic E-state index is -0.765. The molecular weight excluding hydrogens is 837 g/mol. The van der Waals surface area contributed by atoms with Crippen molar-refractivity contribution >= 4 is 67.4 Å². The van der Waals surface area contributed by atoms with Gasteiger partial charge in [-0.3, -0.25) is 9.59 Å². The quantitative estimate of drug-likeness (QED) is 0.168. The number of piperidine rings is 2. The van der Waals surface area contributed by atoms with Crippen molar-refractivity contribution in [1.29, 1.82) is 5.26 Å². The van der Waals surface area contributed by atoms with Crippen molar-refractivity contribution in [2.24, 2.45) is 11.8 Å². The number of amides is 1. The van der Waals surface area contributed by atoms with Crippen LogP contribution in [-0.4, -0.2) is 112 Å². The van der Waals surface area contributed by atoms with Gasteiger partial charge < -0.3 is 35.0 Å². The van der Waals surface area contributed by atoms with E-state index in [1.54, 1.807) is 6.07 Å². The number of nitriles is 1. The third-order valence-electron chi connectivity index (χ3n) is 11.3. The maximum atomic E-state index is 13.2. The summed E-state index contributed by atoms with van der Waals surface area (Å²) < 4.78 is 5.78. The zero-order chi connectivity index (χ0) is 42.2. The number of nitrogens with one attached hydrogen (secondary N) is 1. The molecule has 0 radical (unpaired) electrons. The number of carboxylic acid groups (broad SMARTS) is 2. The Hall–Kier alpha value is -3.63. The standard InChI is InChI=1S/C25H36N2O4.C20H28N2O2.C2H3N.3ClH/c1-18(16-19-8-6-5-7-9-19)21-17-22(21)27(24(30)31-25(2,3)4)20-10-13-26(14-11-20)15-12-23(28)29;1-15(13-16-5-3-2-4-6-16)18-14-19(18)21-17-7-10-22(11-8-17)12-9-20(23)24;1-2-3;;;/h5-9,16,20-22H,10-15,17H2,1-4H3,(H,28,29);2-6,13,17-19,21H,7-12,14H2,1H3,(H,23,24);1H3;3*1H/b18-16+;15-13+;;;;/t21-,22+;18-,19+;;;;/m00..../s1. The van der Waals surface area contributed by atoms with Crippen LogP contribution in [0.2, 0.25) is 0 Å². The largest absolute Gasteiger partial charge is 0.481 e. The molecule has 4 aliphatic rings. The van der Waals surface area contributed by atoms with Gasteiger partial charge in [-0.15, -0.1) is 37.2 Å². The summed E-state index contributed by atoms with van der Waals surface area (Å²) in [5, 5.41) is 28.8. The van der Waals surface area contributed by atoms with Crippen LogP contribution in [0, 0.1) is 23.2 Å². The fourth-order valence-electron chi connectivity index (χ4n) is 8.12. The van der Waals surface area contributed by atoms with Crippen LogP contribution in [0.3, 0.4) is 0 Å². The predicted molar refractivity (Wildman–Crippen MR) is 252 cm³/mol. The molecule has 2 heterocycles. The Balaban J connectivity index is 0.000000560.